The number of fused-ring (bicyclic) bond motifs is 1. The second-order valence-electron chi connectivity index (χ2n) is 11.5. The summed E-state index contributed by atoms with van der Waals surface area (Å²) in [5.41, 5.74) is 5.16. The minimum Gasteiger partial charge on any atom is -0.472 e. The summed E-state index contributed by atoms with van der Waals surface area (Å²) in [6.07, 6.45) is 6.57. The standard InChI is InChI=1S/C35H38ClN5O2/c1-39(34(42)28-7-3-2-4-8-28)24-29(27-11-13-30(36)14-12-27)15-19-40-20-16-31(17-21-40)37-35-38-32-9-5-6-10-33(32)41(35)23-26-18-22-43-25-26/h2-14,18,22,25,29,31H,15-17,19-21,23-24H2,1H3,(H,37,38). The first-order valence-corrected chi connectivity index (χ1v) is 15.4. The third-order valence-corrected chi connectivity index (χ3v) is 8.74. The molecule has 0 aliphatic carbocycles. The monoisotopic (exact) mass is 595 g/mol. The molecule has 0 spiro atoms. The van der Waals surface area contributed by atoms with Gasteiger partial charge in [0.1, 0.15) is 0 Å². The number of furan rings is 1. The Morgan fingerprint density at radius 2 is 1.77 bits per heavy atom. The summed E-state index contributed by atoms with van der Waals surface area (Å²) in [6, 6.07) is 28.2. The number of halogens is 1. The quantitative estimate of drug-likeness (QED) is 0.176. The number of aromatic nitrogens is 2. The highest BCUT2D eigenvalue weighted by molar-refractivity contribution is 6.30. The molecule has 8 heteroatoms. The lowest BCUT2D eigenvalue weighted by Crippen LogP contribution is -2.40. The number of anilines is 1. The molecule has 3 heterocycles. The van der Waals surface area contributed by atoms with Gasteiger partial charge in [0, 0.05) is 54.8 Å². The summed E-state index contributed by atoms with van der Waals surface area (Å²) in [5.74, 6) is 1.17. The Balaban J connectivity index is 1.07. The molecule has 1 aliphatic heterocycles. The number of nitrogens with one attached hydrogen (secondary N) is 1. The zero-order valence-corrected chi connectivity index (χ0v) is 25.3. The van der Waals surface area contributed by atoms with Crippen LogP contribution in [0, 0.1) is 0 Å². The van der Waals surface area contributed by atoms with Crippen molar-refractivity contribution in [3.8, 4) is 0 Å². The molecule has 1 amide bonds. The van der Waals surface area contributed by atoms with E-state index in [9.17, 15) is 4.79 Å². The van der Waals surface area contributed by atoms with Crippen LogP contribution in [0.5, 0.6) is 0 Å². The van der Waals surface area contributed by atoms with Crippen molar-refractivity contribution in [1.29, 1.82) is 0 Å². The smallest absolute Gasteiger partial charge is 0.253 e. The number of piperidine rings is 1. The summed E-state index contributed by atoms with van der Waals surface area (Å²) in [7, 11) is 1.90. The molecule has 1 aliphatic rings. The molecule has 1 unspecified atom stereocenters. The van der Waals surface area contributed by atoms with Gasteiger partial charge < -0.3 is 24.1 Å². The Bertz CT molecular complexity index is 1610. The first-order chi connectivity index (χ1) is 21.0. The Labute approximate surface area is 258 Å². The number of nitrogens with zero attached hydrogens (tertiary/aromatic N) is 4. The number of imidazole rings is 1. The minimum atomic E-state index is 0.0465. The fourth-order valence-corrected chi connectivity index (χ4v) is 6.17. The average Bonchev–Trinajstić information content (AvgIpc) is 3.68. The van der Waals surface area contributed by atoms with Gasteiger partial charge in [-0.05, 0) is 73.8 Å². The predicted molar refractivity (Wildman–Crippen MR) is 173 cm³/mol. The van der Waals surface area contributed by atoms with E-state index in [1.54, 1.807) is 12.5 Å². The van der Waals surface area contributed by atoms with E-state index in [4.69, 9.17) is 21.0 Å². The van der Waals surface area contributed by atoms with Crippen LogP contribution in [0.3, 0.4) is 0 Å². The molecule has 43 heavy (non-hydrogen) atoms. The molecule has 1 N–H and O–H groups in total. The number of hydrogen-bond donors (Lipinski definition) is 1. The molecular weight excluding hydrogens is 558 g/mol. The lowest BCUT2D eigenvalue weighted by Gasteiger charge is -2.34. The van der Waals surface area contributed by atoms with Gasteiger partial charge in [-0.1, -0.05) is 54.1 Å². The Kier molecular flexibility index (Phi) is 9.10. The van der Waals surface area contributed by atoms with Crippen LogP contribution in [0.2, 0.25) is 5.02 Å². The van der Waals surface area contributed by atoms with Crippen molar-refractivity contribution in [3.05, 3.63) is 119 Å². The van der Waals surface area contributed by atoms with E-state index in [0.29, 0.717) is 24.7 Å². The summed E-state index contributed by atoms with van der Waals surface area (Å²) in [5, 5.41) is 4.49. The van der Waals surface area contributed by atoms with Gasteiger partial charge in [-0.3, -0.25) is 4.79 Å². The van der Waals surface area contributed by atoms with Gasteiger partial charge in [-0.25, -0.2) is 4.98 Å². The average molecular weight is 596 g/mol. The van der Waals surface area contributed by atoms with Gasteiger partial charge in [-0.2, -0.15) is 0 Å². The number of benzene rings is 3. The van der Waals surface area contributed by atoms with E-state index in [-0.39, 0.29) is 11.8 Å². The van der Waals surface area contributed by atoms with Gasteiger partial charge >= 0.3 is 0 Å². The van der Waals surface area contributed by atoms with E-state index < -0.39 is 0 Å². The zero-order chi connectivity index (χ0) is 29.6. The molecule has 3 aromatic carbocycles. The number of carbonyl (C=O) groups excluding carboxylic acids is 1. The van der Waals surface area contributed by atoms with Crippen molar-refractivity contribution >= 4 is 34.5 Å². The number of likely N-dealkylation sites (N-methyl/N-ethyl adjacent to an activating group) is 1. The molecule has 1 fully saturated rings. The second-order valence-corrected chi connectivity index (χ2v) is 11.9. The van der Waals surface area contributed by atoms with Crippen LogP contribution in [0.1, 0.15) is 46.7 Å². The maximum absolute atomic E-state index is 13.1. The minimum absolute atomic E-state index is 0.0465. The molecule has 7 nitrogen and oxygen atoms in total. The van der Waals surface area contributed by atoms with Crippen LogP contribution in [-0.4, -0.2) is 64.5 Å². The SMILES string of the molecule is CN(CC(CCN1CCC(Nc2nc3ccccc3n2Cc2ccoc2)CC1)c1ccc(Cl)cc1)C(=O)c1ccccc1. The summed E-state index contributed by atoms with van der Waals surface area (Å²) in [6.45, 7) is 4.38. The van der Waals surface area contributed by atoms with Crippen LogP contribution < -0.4 is 5.32 Å². The molecule has 0 radical (unpaired) electrons. The van der Waals surface area contributed by atoms with E-state index in [0.717, 1.165) is 66.5 Å². The van der Waals surface area contributed by atoms with Crippen molar-refractivity contribution in [3.63, 3.8) is 0 Å². The van der Waals surface area contributed by atoms with Gasteiger partial charge in [0.25, 0.3) is 5.91 Å². The summed E-state index contributed by atoms with van der Waals surface area (Å²) in [4.78, 5) is 22.4. The second kappa shape index (κ2) is 13.5. The normalized spacial score (nSPS) is 15.0. The topological polar surface area (TPSA) is 66.5 Å². The van der Waals surface area contributed by atoms with Crippen LogP contribution in [0.4, 0.5) is 5.95 Å². The van der Waals surface area contributed by atoms with Gasteiger partial charge in [0.2, 0.25) is 5.95 Å². The molecule has 5 aromatic rings. The van der Waals surface area contributed by atoms with Gasteiger partial charge in [0.15, 0.2) is 0 Å². The fourth-order valence-electron chi connectivity index (χ4n) is 6.05. The van der Waals surface area contributed by atoms with E-state index >= 15 is 0 Å². The van der Waals surface area contributed by atoms with Crippen LogP contribution in [0.25, 0.3) is 11.0 Å². The predicted octanol–water partition coefficient (Wildman–Crippen LogP) is 7.15. The largest absolute Gasteiger partial charge is 0.472 e. The molecule has 1 saturated heterocycles. The maximum atomic E-state index is 13.1. The number of likely N-dealkylation sites (tertiary alicyclic amines) is 1. The highest BCUT2D eigenvalue weighted by Gasteiger charge is 2.24. The summed E-state index contributed by atoms with van der Waals surface area (Å²) < 4.78 is 7.56. The molecule has 6 rings (SSSR count). The summed E-state index contributed by atoms with van der Waals surface area (Å²) >= 11 is 6.20. The first kappa shape index (κ1) is 29.0. The van der Waals surface area contributed by atoms with Gasteiger partial charge in [0.05, 0.1) is 30.1 Å². The zero-order valence-electron chi connectivity index (χ0n) is 24.5. The molecular formula is C35H38ClN5O2. The van der Waals surface area contributed by atoms with E-state index in [1.807, 2.05) is 66.5 Å². The molecule has 0 saturated carbocycles. The van der Waals surface area contributed by atoms with Gasteiger partial charge in [-0.15, -0.1) is 0 Å². The van der Waals surface area contributed by atoms with Crippen molar-refractivity contribution in [2.45, 2.75) is 37.8 Å². The maximum Gasteiger partial charge on any atom is 0.253 e. The molecule has 0 bridgehead atoms. The highest BCUT2D eigenvalue weighted by atomic mass is 35.5. The first-order valence-electron chi connectivity index (χ1n) is 15.0. The third kappa shape index (κ3) is 7.12. The van der Waals surface area contributed by atoms with Crippen molar-refractivity contribution in [2.24, 2.45) is 0 Å². The number of carbonyl (C=O) groups is 1. The number of amides is 1. The fraction of sp³-hybridized carbons (Fsp3) is 0.314. The lowest BCUT2D eigenvalue weighted by molar-refractivity contribution is 0.0782. The van der Waals surface area contributed by atoms with Crippen molar-refractivity contribution < 1.29 is 9.21 Å². The number of hydrogen-bond acceptors (Lipinski definition) is 5. The van der Waals surface area contributed by atoms with Crippen LogP contribution in [-0.2, 0) is 6.54 Å². The van der Waals surface area contributed by atoms with Crippen LogP contribution >= 0.6 is 11.6 Å². The van der Waals surface area contributed by atoms with E-state index in [2.05, 4.69) is 45.1 Å². The lowest BCUT2D eigenvalue weighted by atomic mass is 9.94. The Hall–Kier alpha value is -4.07. The van der Waals surface area contributed by atoms with Crippen molar-refractivity contribution in [2.75, 3.05) is 38.5 Å². The Morgan fingerprint density at radius 3 is 2.51 bits per heavy atom. The Morgan fingerprint density at radius 1 is 1.02 bits per heavy atom. The van der Waals surface area contributed by atoms with Crippen molar-refractivity contribution in [1.82, 2.24) is 19.4 Å². The molecule has 1 atom stereocenters. The van der Waals surface area contributed by atoms with Crippen LogP contribution in [0.15, 0.2) is 102 Å². The molecule has 2 aromatic heterocycles. The molecule has 222 valence electrons. The highest BCUT2D eigenvalue weighted by Crippen LogP contribution is 2.27. The van der Waals surface area contributed by atoms with E-state index in [1.165, 1.54) is 5.56 Å². The third-order valence-electron chi connectivity index (χ3n) is 8.49. The number of para-hydroxylation sites is 2. The number of rotatable bonds is 11.